The van der Waals surface area contributed by atoms with Crippen molar-refractivity contribution < 1.29 is 4.74 Å². The van der Waals surface area contributed by atoms with E-state index in [2.05, 4.69) is 77.6 Å². The van der Waals surface area contributed by atoms with E-state index in [1.54, 1.807) is 11.3 Å². The minimum absolute atomic E-state index is 0.183. The van der Waals surface area contributed by atoms with Crippen molar-refractivity contribution >= 4 is 17.0 Å². The van der Waals surface area contributed by atoms with Crippen LogP contribution in [0.1, 0.15) is 26.0 Å². The molecule has 0 radical (unpaired) electrons. The molecular weight excluding hydrogens is 378 g/mol. The normalized spacial score (nSPS) is 15.5. The van der Waals surface area contributed by atoms with Crippen molar-refractivity contribution in [2.75, 3.05) is 31.1 Å². The van der Waals surface area contributed by atoms with Crippen LogP contribution >= 0.6 is 11.3 Å². The standard InChI is InChI=1S/C24H29N3OS/c1-19(2)28-23-12-7-6-11-22(23)27-14-8-13-26(15-16-27)17-21-18-29-24(25-21)20-9-4-3-5-10-20/h3-7,9-12,18-19H,8,13-17H2,1-2H3. The highest BCUT2D eigenvalue weighted by Gasteiger charge is 2.19. The summed E-state index contributed by atoms with van der Waals surface area (Å²) in [7, 11) is 0. The Morgan fingerprint density at radius 1 is 0.966 bits per heavy atom. The van der Waals surface area contributed by atoms with E-state index >= 15 is 0 Å². The number of benzene rings is 2. The van der Waals surface area contributed by atoms with Gasteiger partial charge >= 0.3 is 0 Å². The first-order valence-corrected chi connectivity index (χ1v) is 11.3. The summed E-state index contributed by atoms with van der Waals surface area (Å²) in [4.78, 5) is 9.86. The quantitative estimate of drug-likeness (QED) is 0.554. The Bertz CT molecular complexity index is 909. The number of aromatic nitrogens is 1. The predicted octanol–water partition coefficient (Wildman–Crippen LogP) is 5.31. The first kappa shape index (κ1) is 19.9. The van der Waals surface area contributed by atoms with Crippen molar-refractivity contribution in [3.8, 4) is 16.3 Å². The van der Waals surface area contributed by atoms with Gasteiger partial charge in [-0.2, -0.15) is 0 Å². The summed E-state index contributed by atoms with van der Waals surface area (Å²) in [6, 6.07) is 18.9. The number of rotatable bonds is 6. The fourth-order valence-electron chi connectivity index (χ4n) is 3.76. The molecule has 4 rings (SSSR count). The molecule has 0 atom stereocenters. The topological polar surface area (TPSA) is 28.6 Å². The van der Waals surface area contributed by atoms with Gasteiger partial charge in [0, 0.05) is 43.7 Å². The predicted molar refractivity (Wildman–Crippen MR) is 122 cm³/mol. The Labute approximate surface area is 177 Å². The third-order valence-electron chi connectivity index (χ3n) is 5.12. The molecule has 1 aliphatic heterocycles. The molecule has 1 fully saturated rings. The highest BCUT2D eigenvalue weighted by Crippen LogP contribution is 2.30. The van der Waals surface area contributed by atoms with Crippen LogP contribution in [-0.2, 0) is 6.54 Å². The SMILES string of the molecule is CC(C)Oc1ccccc1N1CCCN(Cc2csc(-c3ccccc3)n2)CC1. The van der Waals surface area contributed by atoms with E-state index in [1.165, 1.54) is 16.9 Å². The van der Waals surface area contributed by atoms with Crippen LogP contribution in [0.15, 0.2) is 60.0 Å². The van der Waals surface area contributed by atoms with E-state index < -0.39 is 0 Å². The van der Waals surface area contributed by atoms with Gasteiger partial charge in [0.25, 0.3) is 0 Å². The van der Waals surface area contributed by atoms with Crippen molar-refractivity contribution in [3.63, 3.8) is 0 Å². The molecule has 2 heterocycles. The van der Waals surface area contributed by atoms with E-state index in [9.17, 15) is 0 Å². The zero-order valence-electron chi connectivity index (χ0n) is 17.3. The van der Waals surface area contributed by atoms with E-state index in [1.807, 2.05) is 6.07 Å². The van der Waals surface area contributed by atoms with Crippen LogP contribution in [0.5, 0.6) is 5.75 Å². The lowest BCUT2D eigenvalue weighted by atomic mass is 10.2. The number of ether oxygens (including phenoxy) is 1. The molecule has 0 bridgehead atoms. The summed E-state index contributed by atoms with van der Waals surface area (Å²) in [5, 5.41) is 3.31. The second-order valence-electron chi connectivity index (χ2n) is 7.76. The van der Waals surface area contributed by atoms with Crippen molar-refractivity contribution in [1.82, 2.24) is 9.88 Å². The zero-order valence-corrected chi connectivity index (χ0v) is 18.1. The van der Waals surface area contributed by atoms with Crippen LogP contribution in [0, 0.1) is 0 Å². The Morgan fingerprint density at radius 2 is 1.76 bits per heavy atom. The van der Waals surface area contributed by atoms with Crippen LogP contribution in [-0.4, -0.2) is 42.2 Å². The number of hydrogen-bond acceptors (Lipinski definition) is 5. The summed E-state index contributed by atoms with van der Waals surface area (Å²) in [6.45, 7) is 9.28. The molecule has 5 heteroatoms. The largest absolute Gasteiger partial charge is 0.489 e. The summed E-state index contributed by atoms with van der Waals surface area (Å²) in [5.74, 6) is 0.989. The van der Waals surface area contributed by atoms with Crippen molar-refractivity contribution in [1.29, 1.82) is 0 Å². The number of nitrogens with zero attached hydrogens (tertiary/aromatic N) is 3. The fraction of sp³-hybridized carbons (Fsp3) is 0.375. The minimum Gasteiger partial charge on any atom is -0.489 e. The Hall–Kier alpha value is -2.37. The molecule has 152 valence electrons. The van der Waals surface area contributed by atoms with Gasteiger partial charge in [0.2, 0.25) is 0 Å². The smallest absolute Gasteiger partial charge is 0.142 e. The van der Waals surface area contributed by atoms with Gasteiger partial charge in [0.15, 0.2) is 0 Å². The number of anilines is 1. The lowest BCUT2D eigenvalue weighted by Gasteiger charge is -2.26. The molecule has 1 aromatic heterocycles. The van der Waals surface area contributed by atoms with Crippen LogP contribution in [0.2, 0.25) is 0 Å². The Kier molecular flexibility index (Phi) is 6.47. The van der Waals surface area contributed by atoms with E-state index in [-0.39, 0.29) is 6.10 Å². The summed E-state index contributed by atoms with van der Waals surface area (Å²) in [5.41, 5.74) is 3.58. The first-order valence-electron chi connectivity index (χ1n) is 10.4. The lowest BCUT2D eigenvalue weighted by Crippen LogP contribution is -2.31. The molecule has 2 aromatic carbocycles. The van der Waals surface area contributed by atoms with Gasteiger partial charge in [0.05, 0.1) is 17.5 Å². The van der Waals surface area contributed by atoms with E-state index in [0.29, 0.717) is 0 Å². The Morgan fingerprint density at radius 3 is 2.59 bits per heavy atom. The molecule has 29 heavy (non-hydrogen) atoms. The summed E-state index contributed by atoms with van der Waals surface area (Å²) in [6.07, 6.45) is 1.33. The third kappa shape index (κ3) is 5.17. The lowest BCUT2D eigenvalue weighted by molar-refractivity contribution is 0.242. The second kappa shape index (κ2) is 9.42. The van der Waals surface area contributed by atoms with Gasteiger partial charge in [-0.25, -0.2) is 4.98 Å². The number of hydrogen-bond donors (Lipinski definition) is 0. The van der Waals surface area contributed by atoms with Crippen molar-refractivity contribution in [2.45, 2.75) is 32.9 Å². The van der Waals surface area contributed by atoms with Crippen LogP contribution in [0.3, 0.4) is 0 Å². The number of para-hydroxylation sites is 2. The maximum Gasteiger partial charge on any atom is 0.142 e. The molecular formula is C24H29N3OS. The average molecular weight is 408 g/mol. The molecule has 0 saturated carbocycles. The summed E-state index contributed by atoms with van der Waals surface area (Å²) >= 11 is 1.74. The van der Waals surface area contributed by atoms with Crippen molar-refractivity contribution in [3.05, 3.63) is 65.7 Å². The molecule has 0 unspecified atom stereocenters. The summed E-state index contributed by atoms with van der Waals surface area (Å²) < 4.78 is 6.04. The van der Waals surface area contributed by atoms with Crippen molar-refractivity contribution in [2.24, 2.45) is 0 Å². The fourth-order valence-corrected chi connectivity index (χ4v) is 4.58. The van der Waals surface area contributed by atoms with Crippen LogP contribution in [0.4, 0.5) is 5.69 Å². The highest BCUT2D eigenvalue weighted by atomic mass is 32.1. The maximum absolute atomic E-state index is 6.04. The van der Waals surface area contributed by atoms with Gasteiger partial charge in [0.1, 0.15) is 10.8 Å². The maximum atomic E-state index is 6.04. The third-order valence-corrected chi connectivity index (χ3v) is 6.06. The minimum atomic E-state index is 0.183. The molecule has 0 aliphatic carbocycles. The number of thiazole rings is 1. The van der Waals surface area contributed by atoms with Gasteiger partial charge < -0.3 is 9.64 Å². The molecule has 0 amide bonds. The molecule has 0 spiro atoms. The van der Waals surface area contributed by atoms with E-state index in [0.717, 1.165) is 49.9 Å². The van der Waals surface area contributed by atoms with Crippen LogP contribution < -0.4 is 9.64 Å². The zero-order chi connectivity index (χ0) is 20.1. The van der Waals surface area contributed by atoms with Gasteiger partial charge in [-0.15, -0.1) is 11.3 Å². The van der Waals surface area contributed by atoms with Gasteiger partial charge in [-0.3, -0.25) is 4.90 Å². The molecule has 0 N–H and O–H groups in total. The average Bonchev–Trinajstić information content (AvgIpc) is 3.07. The molecule has 1 saturated heterocycles. The van der Waals surface area contributed by atoms with Gasteiger partial charge in [-0.05, 0) is 32.4 Å². The highest BCUT2D eigenvalue weighted by molar-refractivity contribution is 7.13. The molecule has 3 aromatic rings. The van der Waals surface area contributed by atoms with Gasteiger partial charge in [-0.1, -0.05) is 42.5 Å². The molecule has 1 aliphatic rings. The monoisotopic (exact) mass is 407 g/mol. The molecule has 4 nitrogen and oxygen atoms in total. The first-order chi connectivity index (χ1) is 14.2. The Balaban J connectivity index is 1.39. The second-order valence-corrected chi connectivity index (χ2v) is 8.62. The van der Waals surface area contributed by atoms with E-state index in [4.69, 9.17) is 9.72 Å². The van der Waals surface area contributed by atoms with Crippen LogP contribution in [0.25, 0.3) is 10.6 Å².